The first kappa shape index (κ1) is 13.8. The Balaban J connectivity index is 3.78. The molecule has 0 spiro atoms. The Kier molecular flexibility index (Phi) is 3.72. The molecule has 94 valence electrons. The van der Waals surface area contributed by atoms with E-state index in [0.29, 0.717) is 6.07 Å². The van der Waals surface area contributed by atoms with Gasteiger partial charge in [-0.3, -0.25) is 10.1 Å². The van der Waals surface area contributed by atoms with Crippen molar-refractivity contribution >= 4 is 31.5 Å². The predicted molar refractivity (Wildman–Crippen MR) is 60.4 cm³/mol. The summed E-state index contributed by atoms with van der Waals surface area (Å²) in [6, 6.07) is 0.633. The van der Waals surface area contributed by atoms with E-state index < -0.39 is 35.6 Å². The second-order valence-corrected chi connectivity index (χ2v) is 5.86. The third-order valence-corrected chi connectivity index (χ3v) is 3.72. The molecule has 0 aliphatic heterocycles. The van der Waals surface area contributed by atoms with Gasteiger partial charge in [0.2, 0.25) is 5.82 Å². The van der Waals surface area contributed by atoms with E-state index in [1.165, 1.54) is 0 Å². The molecule has 0 fully saturated rings. The highest BCUT2D eigenvalue weighted by atomic mass is 79.9. The van der Waals surface area contributed by atoms with Crippen LogP contribution in [0.4, 0.5) is 10.1 Å². The Hall–Kier alpha value is -1.22. The van der Waals surface area contributed by atoms with Crippen LogP contribution < -0.4 is 4.74 Å². The van der Waals surface area contributed by atoms with Crippen LogP contribution in [0.3, 0.4) is 0 Å². The Morgan fingerprint density at radius 3 is 2.41 bits per heavy atom. The molecule has 1 rings (SSSR count). The fourth-order valence-corrected chi connectivity index (χ4v) is 2.73. The first-order valence-corrected chi connectivity index (χ1v) is 6.79. The van der Waals surface area contributed by atoms with E-state index >= 15 is 0 Å². The summed E-state index contributed by atoms with van der Waals surface area (Å²) in [7, 11) is -2.63. The van der Waals surface area contributed by atoms with Gasteiger partial charge in [-0.2, -0.15) is 4.39 Å². The van der Waals surface area contributed by atoms with Crippen LogP contribution in [0.2, 0.25) is 0 Å². The zero-order valence-electron chi connectivity index (χ0n) is 8.73. The second kappa shape index (κ2) is 4.57. The number of nitrogens with zero attached hydrogens (tertiary/aromatic N) is 1. The van der Waals surface area contributed by atoms with Crippen molar-refractivity contribution in [3.05, 3.63) is 26.5 Å². The topological polar surface area (TPSA) is 86.5 Å². The lowest BCUT2D eigenvalue weighted by Gasteiger charge is -2.09. The number of methoxy groups -OCH3 is 1. The fraction of sp³-hybridized carbons (Fsp3) is 0.250. The molecule has 0 atom stereocenters. The number of benzene rings is 1. The summed E-state index contributed by atoms with van der Waals surface area (Å²) >= 11 is 2.73. The van der Waals surface area contributed by atoms with Crippen LogP contribution in [0.15, 0.2) is 15.4 Å². The van der Waals surface area contributed by atoms with Gasteiger partial charge in [-0.15, -0.1) is 0 Å². The van der Waals surface area contributed by atoms with E-state index in [2.05, 4.69) is 15.9 Å². The first-order valence-electron chi connectivity index (χ1n) is 4.10. The smallest absolute Gasteiger partial charge is 0.307 e. The lowest BCUT2D eigenvalue weighted by Crippen LogP contribution is -2.05. The Morgan fingerprint density at radius 2 is 2.06 bits per heavy atom. The van der Waals surface area contributed by atoms with Crippen LogP contribution in [0.1, 0.15) is 0 Å². The van der Waals surface area contributed by atoms with Gasteiger partial charge in [0.15, 0.2) is 15.6 Å². The zero-order valence-corrected chi connectivity index (χ0v) is 11.1. The van der Waals surface area contributed by atoms with Crippen molar-refractivity contribution in [2.24, 2.45) is 0 Å². The van der Waals surface area contributed by atoms with Gasteiger partial charge < -0.3 is 4.74 Å². The number of hydrogen-bond donors (Lipinski definition) is 0. The lowest BCUT2D eigenvalue weighted by molar-refractivity contribution is -0.387. The fourth-order valence-electron chi connectivity index (χ4n) is 1.17. The highest BCUT2D eigenvalue weighted by Crippen LogP contribution is 2.39. The summed E-state index contributed by atoms with van der Waals surface area (Å²) in [5.74, 6) is -1.48. The average Bonchev–Trinajstić information content (AvgIpc) is 2.19. The van der Waals surface area contributed by atoms with Crippen molar-refractivity contribution in [3.63, 3.8) is 0 Å². The molecule has 9 heteroatoms. The number of nitro benzene ring substituents is 1. The van der Waals surface area contributed by atoms with E-state index in [0.717, 1.165) is 13.4 Å². The van der Waals surface area contributed by atoms with Gasteiger partial charge in [0.05, 0.1) is 12.0 Å². The van der Waals surface area contributed by atoms with E-state index in [1.807, 2.05) is 0 Å². The van der Waals surface area contributed by atoms with E-state index in [4.69, 9.17) is 4.74 Å². The zero-order chi connectivity index (χ0) is 13.4. The molecule has 0 aliphatic rings. The molecule has 0 aromatic heterocycles. The standard InChI is InChI=1S/C8H7BrFNO5S/c1-16-8-5(17(2,14)15)3-4(11(12)13)7(10)6(8)9/h3H,1-2H3. The lowest BCUT2D eigenvalue weighted by atomic mass is 10.3. The molecule has 1 aromatic carbocycles. The van der Waals surface area contributed by atoms with Crippen molar-refractivity contribution in [1.82, 2.24) is 0 Å². The number of nitro groups is 1. The summed E-state index contributed by atoms with van der Waals surface area (Å²) in [5, 5.41) is 10.6. The van der Waals surface area contributed by atoms with Crippen molar-refractivity contribution in [3.8, 4) is 5.75 Å². The van der Waals surface area contributed by atoms with E-state index in [-0.39, 0.29) is 5.75 Å². The second-order valence-electron chi connectivity index (χ2n) is 3.08. The maximum absolute atomic E-state index is 13.5. The highest BCUT2D eigenvalue weighted by Gasteiger charge is 2.28. The third-order valence-electron chi connectivity index (χ3n) is 1.91. The molecule has 0 aliphatic carbocycles. The van der Waals surface area contributed by atoms with E-state index in [9.17, 15) is 22.9 Å². The Morgan fingerprint density at radius 1 is 1.53 bits per heavy atom. The van der Waals surface area contributed by atoms with Crippen LogP contribution in [0.25, 0.3) is 0 Å². The van der Waals surface area contributed by atoms with Crippen LogP contribution in [0.5, 0.6) is 5.75 Å². The maximum atomic E-state index is 13.5. The Bertz CT molecular complexity index is 586. The van der Waals surface area contributed by atoms with Crippen LogP contribution in [-0.2, 0) is 9.84 Å². The molecule has 0 heterocycles. The van der Waals surface area contributed by atoms with Crippen LogP contribution >= 0.6 is 15.9 Å². The molecule has 17 heavy (non-hydrogen) atoms. The predicted octanol–water partition coefficient (Wildman–Crippen LogP) is 1.91. The monoisotopic (exact) mass is 327 g/mol. The minimum Gasteiger partial charge on any atom is -0.494 e. The quantitative estimate of drug-likeness (QED) is 0.480. The van der Waals surface area contributed by atoms with Crippen molar-refractivity contribution in [2.45, 2.75) is 4.90 Å². The number of halogens is 2. The van der Waals surface area contributed by atoms with Gasteiger partial charge >= 0.3 is 5.69 Å². The highest BCUT2D eigenvalue weighted by molar-refractivity contribution is 9.10. The minimum atomic E-state index is -3.77. The number of ether oxygens (including phenoxy) is 1. The number of sulfone groups is 1. The van der Waals surface area contributed by atoms with Crippen molar-refractivity contribution in [2.75, 3.05) is 13.4 Å². The van der Waals surface area contributed by atoms with Gasteiger partial charge in [0, 0.05) is 12.3 Å². The molecule has 0 N–H and O–H groups in total. The van der Waals surface area contributed by atoms with Crippen LogP contribution in [-0.4, -0.2) is 26.7 Å². The Labute approximate surface area is 105 Å². The molecule has 0 saturated carbocycles. The summed E-state index contributed by atoms with van der Waals surface area (Å²) < 4.78 is 40.7. The molecule has 1 aromatic rings. The largest absolute Gasteiger partial charge is 0.494 e. The number of rotatable bonds is 3. The van der Waals surface area contributed by atoms with Crippen molar-refractivity contribution in [1.29, 1.82) is 0 Å². The van der Waals surface area contributed by atoms with Gasteiger partial charge in [0.1, 0.15) is 9.37 Å². The molecular formula is C8H7BrFNO5S. The van der Waals surface area contributed by atoms with Crippen LogP contribution in [0, 0.1) is 15.9 Å². The van der Waals surface area contributed by atoms with Gasteiger partial charge in [-0.05, 0) is 15.9 Å². The first-order chi connectivity index (χ1) is 7.70. The average molecular weight is 328 g/mol. The summed E-state index contributed by atoms with van der Waals surface area (Å²) in [6.07, 6.45) is 0.846. The molecule has 0 saturated heterocycles. The van der Waals surface area contributed by atoms with Gasteiger partial charge in [-0.25, -0.2) is 8.42 Å². The summed E-state index contributed by atoms with van der Waals surface area (Å²) in [5.41, 5.74) is -0.932. The molecular weight excluding hydrogens is 321 g/mol. The number of hydrogen-bond acceptors (Lipinski definition) is 5. The van der Waals surface area contributed by atoms with Crippen molar-refractivity contribution < 1.29 is 22.5 Å². The van der Waals surface area contributed by atoms with Gasteiger partial charge in [0.25, 0.3) is 0 Å². The molecule has 0 bridgehead atoms. The van der Waals surface area contributed by atoms with Gasteiger partial charge in [-0.1, -0.05) is 0 Å². The normalized spacial score (nSPS) is 11.3. The molecule has 6 nitrogen and oxygen atoms in total. The molecule has 0 radical (unpaired) electrons. The SMILES string of the molecule is COc1c(S(C)(=O)=O)cc([N+](=O)[O-])c(F)c1Br. The summed E-state index contributed by atoms with van der Waals surface area (Å²) in [4.78, 5) is 9.11. The van der Waals surface area contributed by atoms with E-state index in [1.54, 1.807) is 0 Å². The summed E-state index contributed by atoms with van der Waals surface area (Å²) in [6.45, 7) is 0. The molecule has 0 unspecified atom stereocenters. The minimum absolute atomic E-state index is 0.296. The maximum Gasteiger partial charge on any atom is 0.307 e. The molecule has 0 amide bonds. The third kappa shape index (κ3) is 2.55.